The van der Waals surface area contributed by atoms with E-state index in [4.69, 9.17) is 10.2 Å². The third-order valence-electron chi connectivity index (χ3n) is 4.07. The molecule has 0 aliphatic carbocycles. The number of hydrogen-bond acceptors (Lipinski definition) is 6. The molecule has 1 atom stereocenters. The minimum absolute atomic E-state index is 0.121. The van der Waals surface area contributed by atoms with Crippen LogP contribution in [0.3, 0.4) is 0 Å². The van der Waals surface area contributed by atoms with Crippen molar-refractivity contribution in [1.29, 1.82) is 0 Å². The zero-order chi connectivity index (χ0) is 21.0. The third-order valence-corrected chi connectivity index (χ3v) is 5.81. The number of nitrogens with two attached hydrogens (primary N) is 1. The molecule has 3 rings (SSSR count). The summed E-state index contributed by atoms with van der Waals surface area (Å²) in [6.45, 7) is 4.05. The second kappa shape index (κ2) is 9.27. The van der Waals surface area contributed by atoms with Crippen LogP contribution in [0.1, 0.15) is 18.9 Å². The minimum Gasteiger partial charge on any atom is -0.461 e. The van der Waals surface area contributed by atoms with E-state index >= 15 is 0 Å². The number of halogens is 1. The Morgan fingerprint density at radius 3 is 2.79 bits per heavy atom. The lowest BCUT2D eigenvalue weighted by atomic mass is 10.2. The van der Waals surface area contributed by atoms with Gasteiger partial charge in [-0.2, -0.15) is 0 Å². The first-order chi connectivity index (χ1) is 13.8. The van der Waals surface area contributed by atoms with Crippen LogP contribution in [0.2, 0.25) is 0 Å². The predicted molar refractivity (Wildman–Crippen MR) is 114 cm³/mol. The highest BCUT2D eigenvalue weighted by molar-refractivity contribution is 9.10. The number of nitrogens with one attached hydrogen (secondary N) is 1. The van der Waals surface area contributed by atoms with Crippen molar-refractivity contribution in [3.8, 4) is 11.6 Å². The summed E-state index contributed by atoms with van der Waals surface area (Å²) < 4.78 is 7.95. The standard InChI is InChI=1S/C19H20BrN5O3S/c1-11-5-6-14(13(20)10-11)22-18(27)12(2)29-19-24-23-17(15-4-3-9-28-15)25(19)8-7-16(21)26/h3-6,9-10,12H,7-8H2,1-2H3,(H2,21,26)(H,22,27). The number of thioether (sulfide) groups is 1. The number of aromatic nitrogens is 3. The average molecular weight is 478 g/mol. The number of rotatable bonds is 8. The molecule has 10 heteroatoms. The third kappa shape index (κ3) is 5.27. The second-order valence-corrected chi connectivity index (χ2v) is 8.55. The van der Waals surface area contributed by atoms with Crippen molar-refractivity contribution in [3.63, 3.8) is 0 Å². The minimum atomic E-state index is -0.454. The molecular weight excluding hydrogens is 458 g/mol. The van der Waals surface area contributed by atoms with Crippen molar-refractivity contribution in [2.75, 3.05) is 5.32 Å². The van der Waals surface area contributed by atoms with Gasteiger partial charge in [0.2, 0.25) is 11.8 Å². The second-order valence-electron chi connectivity index (χ2n) is 6.38. The fraction of sp³-hybridized carbons (Fsp3) is 0.263. The van der Waals surface area contributed by atoms with E-state index in [0.717, 1.165) is 10.0 Å². The van der Waals surface area contributed by atoms with E-state index in [1.807, 2.05) is 25.1 Å². The number of furan rings is 1. The molecule has 1 unspecified atom stereocenters. The number of benzene rings is 1. The van der Waals surface area contributed by atoms with E-state index in [-0.39, 0.29) is 12.3 Å². The van der Waals surface area contributed by atoms with Crippen LogP contribution in [-0.4, -0.2) is 31.8 Å². The molecular formula is C19H20BrN5O3S. The van der Waals surface area contributed by atoms with Crippen molar-refractivity contribution in [1.82, 2.24) is 14.8 Å². The molecule has 0 fully saturated rings. The van der Waals surface area contributed by atoms with Crippen LogP contribution in [0, 0.1) is 6.92 Å². The van der Waals surface area contributed by atoms with Crippen LogP contribution in [0.4, 0.5) is 5.69 Å². The Balaban J connectivity index is 1.77. The number of amides is 2. The lowest BCUT2D eigenvalue weighted by Crippen LogP contribution is -2.23. The van der Waals surface area contributed by atoms with Gasteiger partial charge in [0.1, 0.15) is 0 Å². The Bertz CT molecular complexity index is 1020. The smallest absolute Gasteiger partial charge is 0.237 e. The molecule has 152 valence electrons. The van der Waals surface area contributed by atoms with Gasteiger partial charge in [-0.05, 0) is 59.6 Å². The van der Waals surface area contributed by atoms with Crippen LogP contribution in [-0.2, 0) is 16.1 Å². The first kappa shape index (κ1) is 21.1. The van der Waals surface area contributed by atoms with E-state index in [0.29, 0.717) is 29.0 Å². The molecule has 3 N–H and O–H groups in total. The Labute approximate surface area is 180 Å². The number of nitrogens with zero attached hydrogens (tertiary/aromatic N) is 3. The maximum absolute atomic E-state index is 12.7. The van der Waals surface area contributed by atoms with E-state index in [1.165, 1.54) is 18.0 Å². The summed E-state index contributed by atoms with van der Waals surface area (Å²) in [5, 5.41) is 11.3. The first-order valence-electron chi connectivity index (χ1n) is 8.84. The molecule has 3 aromatic rings. The van der Waals surface area contributed by atoms with E-state index in [2.05, 4.69) is 31.4 Å². The van der Waals surface area contributed by atoms with Gasteiger partial charge in [0.15, 0.2) is 16.7 Å². The zero-order valence-electron chi connectivity index (χ0n) is 15.9. The zero-order valence-corrected chi connectivity index (χ0v) is 18.3. The Kier molecular flexibility index (Phi) is 6.75. The molecule has 0 spiro atoms. The monoisotopic (exact) mass is 477 g/mol. The maximum atomic E-state index is 12.7. The van der Waals surface area contributed by atoms with Crippen molar-refractivity contribution < 1.29 is 14.0 Å². The SMILES string of the molecule is Cc1ccc(NC(=O)C(C)Sc2nnc(-c3ccco3)n2CCC(N)=O)c(Br)c1. The Morgan fingerprint density at radius 1 is 1.34 bits per heavy atom. The van der Waals surface area contributed by atoms with Gasteiger partial charge < -0.3 is 15.5 Å². The van der Waals surface area contributed by atoms with Crippen LogP contribution >= 0.6 is 27.7 Å². The predicted octanol–water partition coefficient (Wildman–Crippen LogP) is 3.60. The van der Waals surface area contributed by atoms with Gasteiger partial charge in [0.05, 0.1) is 17.2 Å². The van der Waals surface area contributed by atoms with Gasteiger partial charge in [0, 0.05) is 17.4 Å². The summed E-state index contributed by atoms with van der Waals surface area (Å²) in [4.78, 5) is 23.9. The van der Waals surface area contributed by atoms with Gasteiger partial charge in [-0.25, -0.2) is 0 Å². The highest BCUT2D eigenvalue weighted by atomic mass is 79.9. The van der Waals surface area contributed by atoms with Gasteiger partial charge >= 0.3 is 0 Å². The molecule has 0 aliphatic heterocycles. The van der Waals surface area contributed by atoms with E-state index < -0.39 is 11.2 Å². The number of primary amides is 1. The number of anilines is 1. The summed E-state index contributed by atoms with van der Waals surface area (Å²) in [5.74, 6) is 0.390. The number of hydrogen-bond donors (Lipinski definition) is 2. The molecule has 0 aliphatic rings. The van der Waals surface area contributed by atoms with Crippen molar-refractivity contribution >= 4 is 45.2 Å². The molecule has 2 amide bonds. The van der Waals surface area contributed by atoms with Crippen LogP contribution in [0.5, 0.6) is 0 Å². The fourth-order valence-electron chi connectivity index (χ4n) is 2.56. The van der Waals surface area contributed by atoms with E-state index in [1.54, 1.807) is 23.6 Å². The van der Waals surface area contributed by atoms with Gasteiger partial charge in [0.25, 0.3) is 0 Å². The van der Waals surface area contributed by atoms with Gasteiger partial charge in [-0.1, -0.05) is 17.8 Å². The summed E-state index contributed by atoms with van der Waals surface area (Å²) in [6, 6.07) is 9.20. The van der Waals surface area contributed by atoms with E-state index in [9.17, 15) is 9.59 Å². The highest BCUT2D eigenvalue weighted by Crippen LogP contribution is 2.29. The number of carbonyl (C=O) groups excluding carboxylic acids is 2. The van der Waals surface area contributed by atoms with Crippen molar-refractivity contribution in [2.45, 2.75) is 37.2 Å². The number of aryl methyl sites for hydroxylation is 1. The van der Waals surface area contributed by atoms with Gasteiger partial charge in [-0.3, -0.25) is 14.2 Å². The topological polar surface area (TPSA) is 116 Å². The molecule has 8 nitrogen and oxygen atoms in total. The molecule has 2 aromatic heterocycles. The fourth-order valence-corrected chi connectivity index (χ4v) is 4.02. The van der Waals surface area contributed by atoms with Gasteiger partial charge in [-0.15, -0.1) is 10.2 Å². The first-order valence-corrected chi connectivity index (χ1v) is 10.5. The molecule has 0 saturated carbocycles. The molecule has 0 radical (unpaired) electrons. The normalized spacial score (nSPS) is 12.0. The van der Waals surface area contributed by atoms with Crippen molar-refractivity contribution in [2.24, 2.45) is 5.73 Å². The van der Waals surface area contributed by atoms with Crippen molar-refractivity contribution in [3.05, 3.63) is 46.6 Å². The average Bonchev–Trinajstić information content (AvgIpc) is 3.31. The quantitative estimate of drug-likeness (QED) is 0.478. The summed E-state index contributed by atoms with van der Waals surface area (Å²) in [7, 11) is 0. The molecule has 1 aromatic carbocycles. The largest absolute Gasteiger partial charge is 0.461 e. The Morgan fingerprint density at radius 2 is 2.14 bits per heavy atom. The lowest BCUT2D eigenvalue weighted by Gasteiger charge is -2.14. The maximum Gasteiger partial charge on any atom is 0.237 e. The molecule has 29 heavy (non-hydrogen) atoms. The molecule has 2 heterocycles. The molecule has 0 bridgehead atoms. The summed E-state index contributed by atoms with van der Waals surface area (Å²) >= 11 is 4.71. The summed E-state index contributed by atoms with van der Waals surface area (Å²) in [6.07, 6.45) is 1.65. The number of carbonyl (C=O) groups is 2. The lowest BCUT2D eigenvalue weighted by molar-refractivity contribution is -0.118. The Hall–Kier alpha value is -2.59. The summed E-state index contributed by atoms with van der Waals surface area (Å²) in [5.41, 5.74) is 7.08. The van der Waals surface area contributed by atoms with Crippen LogP contribution < -0.4 is 11.1 Å². The van der Waals surface area contributed by atoms with Crippen LogP contribution in [0.25, 0.3) is 11.6 Å². The van der Waals surface area contributed by atoms with Crippen LogP contribution in [0.15, 0.2) is 50.6 Å². The molecule has 0 saturated heterocycles. The highest BCUT2D eigenvalue weighted by Gasteiger charge is 2.22.